The van der Waals surface area contributed by atoms with E-state index in [1.165, 1.54) is 0 Å². The molecule has 1 rings (SSSR count). The predicted molar refractivity (Wildman–Crippen MR) is 77.1 cm³/mol. The van der Waals surface area contributed by atoms with Crippen LogP contribution in [0.2, 0.25) is 0 Å². The predicted octanol–water partition coefficient (Wildman–Crippen LogP) is 3.27. The quantitative estimate of drug-likeness (QED) is 0.620. The summed E-state index contributed by atoms with van der Waals surface area (Å²) in [5.41, 5.74) is 1.07. The number of halogens is 1. The Hall–Kier alpha value is -1.03. The second-order valence-electron chi connectivity index (χ2n) is 4.18. The zero-order valence-electron chi connectivity index (χ0n) is 10.9. The number of unbranched alkanes of at least 4 members (excludes halogenated alkanes) is 1. The van der Waals surface area contributed by atoms with E-state index in [1.54, 1.807) is 6.92 Å². The number of carbonyl (C=O) groups is 1. The molecule has 0 bridgehead atoms. The molecule has 1 N–H and O–H groups in total. The van der Waals surface area contributed by atoms with Gasteiger partial charge in [-0.25, -0.2) is 0 Å². The minimum Gasteiger partial charge on any atom is -0.494 e. The van der Waals surface area contributed by atoms with Crippen molar-refractivity contribution in [1.29, 1.82) is 0 Å². The fourth-order valence-corrected chi connectivity index (χ4v) is 1.53. The topological polar surface area (TPSA) is 38.3 Å². The Labute approximate surface area is 117 Å². The molecule has 4 heteroatoms. The number of nitrogens with one attached hydrogen (secondary N) is 1. The van der Waals surface area contributed by atoms with Crippen molar-refractivity contribution in [1.82, 2.24) is 5.32 Å². The van der Waals surface area contributed by atoms with Crippen molar-refractivity contribution in [2.24, 2.45) is 0 Å². The molecule has 1 unspecified atom stereocenters. The van der Waals surface area contributed by atoms with Gasteiger partial charge in [0, 0.05) is 6.54 Å². The lowest BCUT2D eigenvalue weighted by Gasteiger charge is -2.08. The summed E-state index contributed by atoms with van der Waals surface area (Å²) in [6, 6.07) is 7.82. The molecule has 0 radical (unpaired) electrons. The van der Waals surface area contributed by atoms with E-state index in [0.717, 1.165) is 30.8 Å². The highest BCUT2D eigenvalue weighted by molar-refractivity contribution is 9.10. The van der Waals surface area contributed by atoms with Gasteiger partial charge < -0.3 is 10.1 Å². The number of alkyl halides is 1. The van der Waals surface area contributed by atoms with Gasteiger partial charge in [0.2, 0.25) is 5.91 Å². The lowest BCUT2D eigenvalue weighted by Crippen LogP contribution is -2.28. The van der Waals surface area contributed by atoms with Gasteiger partial charge in [0.25, 0.3) is 0 Å². The molecular weight excluding hydrogens is 294 g/mol. The van der Waals surface area contributed by atoms with Crippen molar-refractivity contribution in [2.45, 2.75) is 38.1 Å². The largest absolute Gasteiger partial charge is 0.494 e. The first kappa shape index (κ1) is 15.0. The highest BCUT2D eigenvalue weighted by Crippen LogP contribution is 2.12. The smallest absolute Gasteiger partial charge is 0.233 e. The van der Waals surface area contributed by atoms with Crippen LogP contribution in [0.25, 0.3) is 0 Å². The van der Waals surface area contributed by atoms with Crippen LogP contribution in [-0.2, 0) is 11.3 Å². The minimum absolute atomic E-state index is 0.00160. The molecule has 18 heavy (non-hydrogen) atoms. The van der Waals surface area contributed by atoms with E-state index in [1.807, 2.05) is 24.3 Å². The molecule has 0 aliphatic heterocycles. The Morgan fingerprint density at radius 3 is 2.61 bits per heavy atom. The molecular formula is C14H20BrNO2. The summed E-state index contributed by atoms with van der Waals surface area (Å²) in [6.45, 7) is 5.25. The van der Waals surface area contributed by atoms with Crippen LogP contribution in [0, 0.1) is 0 Å². The van der Waals surface area contributed by atoms with Crippen molar-refractivity contribution in [3.8, 4) is 5.75 Å². The Bertz CT molecular complexity index is 363. The van der Waals surface area contributed by atoms with E-state index in [4.69, 9.17) is 4.74 Å². The molecule has 0 fully saturated rings. The summed E-state index contributed by atoms with van der Waals surface area (Å²) in [5, 5.41) is 2.84. The summed E-state index contributed by atoms with van der Waals surface area (Å²) >= 11 is 3.23. The fraction of sp³-hybridized carbons (Fsp3) is 0.500. The highest BCUT2D eigenvalue weighted by Gasteiger charge is 2.07. The summed E-state index contributed by atoms with van der Waals surface area (Å²) in [4.78, 5) is 11.2. The molecule has 0 saturated heterocycles. The number of ether oxygens (including phenoxy) is 1. The molecule has 0 aliphatic carbocycles. The molecule has 0 heterocycles. The van der Waals surface area contributed by atoms with Gasteiger partial charge in [-0.05, 0) is 31.0 Å². The number of hydrogen-bond acceptors (Lipinski definition) is 2. The monoisotopic (exact) mass is 313 g/mol. The standard InChI is InChI=1S/C14H20BrNO2/c1-3-4-9-18-13-7-5-12(6-8-13)10-16-14(17)11(2)15/h5-8,11H,3-4,9-10H2,1-2H3,(H,16,17). The third-order valence-electron chi connectivity index (χ3n) is 2.52. The number of rotatable bonds is 7. The maximum Gasteiger partial charge on any atom is 0.233 e. The van der Waals surface area contributed by atoms with Gasteiger partial charge in [-0.2, -0.15) is 0 Å². The van der Waals surface area contributed by atoms with Gasteiger partial charge in [0.1, 0.15) is 5.75 Å². The van der Waals surface area contributed by atoms with E-state index >= 15 is 0 Å². The zero-order chi connectivity index (χ0) is 13.4. The highest BCUT2D eigenvalue weighted by atomic mass is 79.9. The van der Waals surface area contributed by atoms with Crippen molar-refractivity contribution in [3.05, 3.63) is 29.8 Å². The molecule has 3 nitrogen and oxygen atoms in total. The summed E-state index contributed by atoms with van der Waals surface area (Å²) in [5.74, 6) is 0.880. The van der Waals surface area contributed by atoms with Gasteiger partial charge in [-0.15, -0.1) is 0 Å². The number of carbonyl (C=O) groups excluding carboxylic acids is 1. The maximum absolute atomic E-state index is 11.4. The number of hydrogen-bond donors (Lipinski definition) is 1. The van der Waals surface area contributed by atoms with Crippen molar-refractivity contribution in [3.63, 3.8) is 0 Å². The zero-order valence-corrected chi connectivity index (χ0v) is 12.5. The summed E-state index contributed by atoms with van der Waals surface area (Å²) < 4.78 is 5.57. The first-order valence-electron chi connectivity index (χ1n) is 6.27. The first-order chi connectivity index (χ1) is 8.63. The lowest BCUT2D eigenvalue weighted by atomic mass is 10.2. The summed E-state index contributed by atoms with van der Waals surface area (Å²) in [6.07, 6.45) is 2.20. The van der Waals surface area contributed by atoms with E-state index in [0.29, 0.717) is 6.54 Å². The molecule has 1 aromatic carbocycles. The SMILES string of the molecule is CCCCOc1ccc(CNC(=O)C(C)Br)cc1. The van der Waals surface area contributed by atoms with Gasteiger partial charge in [-0.1, -0.05) is 41.4 Å². The Morgan fingerprint density at radius 1 is 1.39 bits per heavy atom. The van der Waals surface area contributed by atoms with Crippen LogP contribution in [0.15, 0.2) is 24.3 Å². The van der Waals surface area contributed by atoms with E-state index in [9.17, 15) is 4.79 Å². The van der Waals surface area contributed by atoms with Gasteiger partial charge >= 0.3 is 0 Å². The van der Waals surface area contributed by atoms with Crippen LogP contribution in [0.3, 0.4) is 0 Å². The average molecular weight is 314 g/mol. The Morgan fingerprint density at radius 2 is 2.06 bits per heavy atom. The Kier molecular flexibility index (Phi) is 6.80. The van der Waals surface area contributed by atoms with Crippen molar-refractivity contribution < 1.29 is 9.53 Å². The minimum atomic E-state index is -0.158. The first-order valence-corrected chi connectivity index (χ1v) is 7.18. The molecule has 100 valence electrons. The van der Waals surface area contributed by atoms with Crippen LogP contribution in [-0.4, -0.2) is 17.3 Å². The average Bonchev–Trinajstić information content (AvgIpc) is 2.37. The van der Waals surface area contributed by atoms with Gasteiger partial charge in [0.05, 0.1) is 11.4 Å². The van der Waals surface area contributed by atoms with Crippen LogP contribution >= 0.6 is 15.9 Å². The van der Waals surface area contributed by atoms with Crippen LogP contribution < -0.4 is 10.1 Å². The van der Waals surface area contributed by atoms with Gasteiger partial charge in [0.15, 0.2) is 0 Å². The molecule has 1 amide bonds. The van der Waals surface area contributed by atoms with Crippen LogP contribution in [0.4, 0.5) is 0 Å². The second-order valence-corrected chi connectivity index (χ2v) is 5.55. The van der Waals surface area contributed by atoms with Crippen LogP contribution in [0.5, 0.6) is 5.75 Å². The summed E-state index contributed by atoms with van der Waals surface area (Å²) in [7, 11) is 0. The molecule has 0 aliphatic rings. The molecule has 0 aromatic heterocycles. The van der Waals surface area contributed by atoms with Crippen molar-refractivity contribution in [2.75, 3.05) is 6.61 Å². The fourth-order valence-electron chi connectivity index (χ4n) is 1.37. The number of benzene rings is 1. The van der Waals surface area contributed by atoms with Gasteiger partial charge in [-0.3, -0.25) is 4.79 Å². The van der Waals surface area contributed by atoms with E-state index in [-0.39, 0.29) is 10.7 Å². The maximum atomic E-state index is 11.4. The normalized spacial score (nSPS) is 11.9. The molecule has 0 saturated carbocycles. The Balaban J connectivity index is 2.38. The molecule has 1 atom stereocenters. The van der Waals surface area contributed by atoms with E-state index < -0.39 is 0 Å². The number of amides is 1. The van der Waals surface area contributed by atoms with Crippen LogP contribution in [0.1, 0.15) is 32.3 Å². The second kappa shape index (κ2) is 8.14. The lowest BCUT2D eigenvalue weighted by molar-refractivity contribution is -0.120. The van der Waals surface area contributed by atoms with Crippen molar-refractivity contribution >= 4 is 21.8 Å². The molecule has 1 aromatic rings. The molecule has 0 spiro atoms. The third-order valence-corrected chi connectivity index (χ3v) is 2.93. The third kappa shape index (κ3) is 5.54. The van der Waals surface area contributed by atoms with E-state index in [2.05, 4.69) is 28.2 Å².